The number of hydrogen-bond donors (Lipinski definition) is 2. The number of carbonyl (C=O) groups is 3. The number of allylic oxidation sites excluding steroid dienone is 2. The fraction of sp³-hybridized carbons (Fsp3) is 0.465. The van der Waals surface area contributed by atoms with Gasteiger partial charge in [-0.3, -0.25) is 14.4 Å². The number of rotatable bonds is 8. The lowest BCUT2D eigenvalue weighted by Crippen LogP contribution is -2.48. The van der Waals surface area contributed by atoms with Crippen molar-refractivity contribution in [2.45, 2.75) is 103 Å². The van der Waals surface area contributed by atoms with E-state index in [9.17, 15) is 23.9 Å². The maximum atomic E-state index is 14.7. The topological polar surface area (TPSA) is 131 Å². The number of nitrogens with one attached hydrogen (secondary N) is 1. The van der Waals surface area contributed by atoms with Gasteiger partial charge in [0, 0.05) is 40.9 Å². The Kier molecular flexibility index (Phi) is 11.0. The normalized spacial score (nSPS) is 25.2. The molecule has 4 heterocycles. The molecule has 1 saturated carbocycles. The highest BCUT2D eigenvalue weighted by atomic mass is 32.1. The van der Waals surface area contributed by atoms with E-state index in [0.29, 0.717) is 46.8 Å². The Labute approximate surface area is 325 Å². The minimum absolute atomic E-state index is 0.127. The van der Waals surface area contributed by atoms with Gasteiger partial charge in [0.15, 0.2) is 5.78 Å². The molecule has 1 saturated heterocycles. The fourth-order valence-electron chi connectivity index (χ4n) is 8.07. The van der Waals surface area contributed by atoms with E-state index in [0.717, 1.165) is 47.3 Å². The third-order valence-electron chi connectivity index (χ3n) is 11.5. The largest absolute Gasteiger partial charge is 0.496 e. The Morgan fingerprint density at radius 2 is 1.91 bits per heavy atom. The number of carboxylic acid groups (broad SMARTS) is 1. The number of carbonyl (C=O) groups excluding carboxylic acids is 2. The monoisotopic (exact) mass is 768 g/mol. The second kappa shape index (κ2) is 15.7. The van der Waals surface area contributed by atoms with Gasteiger partial charge in [0.05, 0.1) is 36.3 Å². The second-order valence-corrected chi connectivity index (χ2v) is 16.5. The number of halogens is 1. The lowest BCUT2D eigenvalue weighted by Gasteiger charge is -2.29. The highest BCUT2D eigenvalue weighted by molar-refractivity contribution is 7.13. The number of nitrogens with zero attached hydrogens (tertiary/aromatic N) is 3. The number of aryl methyl sites for hydroxylation is 2. The Balaban J connectivity index is 1.25. The zero-order chi connectivity index (χ0) is 39.0. The summed E-state index contributed by atoms with van der Waals surface area (Å²) in [5.41, 5.74) is 3.04. The van der Waals surface area contributed by atoms with Crippen LogP contribution in [0.5, 0.6) is 11.5 Å². The summed E-state index contributed by atoms with van der Waals surface area (Å²) in [5.74, 6) is -0.617. The smallest absolute Gasteiger partial charge is 0.310 e. The lowest BCUT2D eigenvalue weighted by molar-refractivity contribution is -0.147. The van der Waals surface area contributed by atoms with Crippen molar-refractivity contribution in [3.05, 3.63) is 76.6 Å². The molecule has 2 fully saturated rings. The first-order valence-corrected chi connectivity index (χ1v) is 20.1. The van der Waals surface area contributed by atoms with Crippen LogP contribution in [-0.4, -0.2) is 69.5 Å². The predicted molar refractivity (Wildman–Crippen MR) is 211 cm³/mol. The molecule has 1 amide bonds. The number of aliphatic carboxylic acids is 1. The van der Waals surface area contributed by atoms with E-state index < -0.39 is 29.6 Å². The van der Waals surface area contributed by atoms with Crippen molar-refractivity contribution in [2.75, 3.05) is 19.0 Å². The molecule has 290 valence electrons. The van der Waals surface area contributed by atoms with Crippen molar-refractivity contribution in [3.8, 4) is 22.2 Å². The van der Waals surface area contributed by atoms with Crippen LogP contribution in [0.3, 0.4) is 0 Å². The number of methoxy groups -OCH3 is 1. The van der Waals surface area contributed by atoms with Crippen LogP contribution in [0.1, 0.15) is 88.0 Å². The van der Waals surface area contributed by atoms with E-state index in [2.05, 4.69) is 19.2 Å². The summed E-state index contributed by atoms with van der Waals surface area (Å²) in [5, 5.41) is 17.3. The van der Waals surface area contributed by atoms with Gasteiger partial charge >= 0.3 is 5.97 Å². The molecule has 2 N–H and O–H groups in total. The second-order valence-electron chi connectivity index (χ2n) is 15.7. The van der Waals surface area contributed by atoms with Crippen molar-refractivity contribution in [2.24, 2.45) is 11.3 Å². The molecular weight excluding hydrogens is 720 g/mol. The van der Waals surface area contributed by atoms with Gasteiger partial charge in [-0.25, -0.2) is 14.4 Å². The summed E-state index contributed by atoms with van der Waals surface area (Å²) in [7, 11) is 1.62. The average molecular weight is 769 g/mol. The molecule has 4 aromatic rings. The van der Waals surface area contributed by atoms with Crippen molar-refractivity contribution in [1.82, 2.24) is 14.9 Å². The lowest BCUT2D eigenvalue weighted by atomic mass is 9.92. The molecule has 0 bridgehead atoms. The van der Waals surface area contributed by atoms with Gasteiger partial charge in [0.25, 0.3) is 0 Å². The Morgan fingerprint density at radius 1 is 1.09 bits per heavy atom. The zero-order valence-corrected chi connectivity index (χ0v) is 32.9. The van der Waals surface area contributed by atoms with Crippen molar-refractivity contribution in [1.29, 1.82) is 0 Å². The van der Waals surface area contributed by atoms with E-state index in [1.807, 2.05) is 42.7 Å². The van der Waals surface area contributed by atoms with Gasteiger partial charge in [-0.15, -0.1) is 11.3 Å². The number of anilines is 1. The van der Waals surface area contributed by atoms with E-state index in [1.54, 1.807) is 31.1 Å². The number of pyridine rings is 1. The molecule has 0 spiro atoms. The quantitative estimate of drug-likeness (QED) is 0.169. The molecule has 2 aromatic carbocycles. The molecule has 3 aliphatic rings. The minimum Gasteiger partial charge on any atom is -0.496 e. The fourth-order valence-corrected chi connectivity index (χ4v) is 9.01. The highest BCUT2D eigenvalue weighted by Gasteiger charge is 2.61. The van der Waals surface area contributed by atoms with Crippen molar-refractivity contribution < 1.29 is 33.4 Å². The zero-order valence-electron chi connectivity index (χ0n) is 32.1. The summed E-state index contributed by atoms with van der Waals surface area (Å²) >= 11 is 1.51. The van der Waals surface area contributed by atoms with Crippen molar-refractivity contribution in [3.63, 3.8) is 0 Å². The van der Waals surface area contributed by atoms with Crippen LogP contribution in [-0.2, 0) is 14.4 Å². The molecule has 2 aromatic heterocycles. The van der Waals surface area contributed by atoms with Gasteiger partial charge in [0.1, 0.15) is 40.2 Å². The van der Waals surface area contributed by atoms with Crippen LogP contribution in [0, 0.1) is 31.0 Å². The molecule has 12 heteroatoms. The number of Topliss-reactive ketones (excluding diaryl/α,β-unsaturated/α-hetero) is 1. The number of thiazole rings is 1. The summed E-state index contributed by atoms with van der Waals surface area (Å²) in [4.78, 5) is 53.2. The van der Waals surface area contributed by atoms with Crippen LogP contribution in [0.4, 0.5) is 10.1 Å². The van der Waals surface area contributed by atoms with E-state index in [-0.39, 0.29) is 48.7 Å². The third-order valence-corrected chi connectivity index (χ3v) is 12.4. The van der Waals surface area contributed by atoms with Gasteiger partial charge in [-0.05, 0) is 87.3 Å². The molecule has 1 aliphatic carbocycles. The number of amides is 1. The SMILES string of the molecule is COc1ccc2c(O[C@@H]3C[C@H]4C(=O)C[C@]5(C(=O)O)C[C@H]5/C=C\CCCCC[C@H](Nc5ccc(F)c(C)c5)C(=O)N4C3)cc(-c3nc(C(C)C)cs3)nc2c1C. The molecular formula is C43H49FN4O6S. The van der Waals surface area contributed by atoms with Gasteiger partial charge in [0.2, 0.25) is 5.91 Å². The highest BCUT2D eigenvalue weighted by Crippen LogP contribution is 2.57. The van der Waals surface area contributed by atoms with Crippen molar-refractivity contribution >= 4 is 45.6 Å². The van der Waals surface area contributed by atoms with E-state index in [4.69, 9.17) is 19.4 Å². The number of fused-ring (bicyclic) bond motifs is 3. The van der Waals surface area contributed by atoms with Gasteiger partial charge in [-0.1, -0.05) is 38.8 Å². The first kappa shape index (κ1) is 38.4. The Hall–Kier alpha value is -4.84. The molecule has 0 radical (unpaired) electrons. The molecule has 5 atom stereocenters. The summed E-state index contributed by atoms with van der Waals surface area (Å²) in [6.07, 6.45) is 7.68. The minimum atomic E-state index is -1.18. The number of ketones is 1. The maximum Gasteiger partial charge on any atom is 0.310 e. The third kappa shape index (κ3) is 7.83. The van der Waals surface area contributed by atoms with Crippen LogP contribution in [0.25, 0.3) is 21.6 Å². The van der Waals surface area contributed by atoms with Crippen LogP contribution >= 0.6 is 11.3 Å². The molecule has 55 heavy (non-hydrogen) atoms. The molecule has 0 unspecified atom stereocenters. The Morgan fingerprint density at radius 3 is 2.64 bits per heavy atom. The van der Waals surface area contributed by atoms with Crippen LogP contribution < -0.4 is 14.8 Å². The van der Waals surface area contributed by atoms with Gasteiger partial charge < -0.3 is 24.8 Å². The molecule has 10 nitrogen and oxygen atoms in total. The van der Waals surface area contributed by atoms with Gasteiger partial charge in [-0.2, -0.15) is 0 Å². The molecule has 2 aliphatic heterocycles. The average Bonchev–Trinajstić information content (AvgIpc) is 3.45. The van der Waals surface area contributed by atoms with E-state index in [1.165, 1.54) is 17.4 Å². The number of carboxylic acids is 1. The predicted octanol–water partition coefficient (Wildman–Crippen LogP) is 8.65. The first-order valence-electron chi connectivity index (χ1n) is 19.2. The number of benzene rings is 2. The first-order chi connectivity index (χ1) is 26.4. The molecule has 7 rings (SSSR count). The number of hydrogen-bond acceptors (Lipinski definition) is 9. The summed E-state index contributed by atoms with van der Waals surface area (Å²) in [6, 6.07) is 8.76. The standard InChI is InChI=1S/C43H49FN4O6S/c1-24(2)34-23-55-40(47-34)33-19-38(30-14-16-37(53-5)26(4)39(30)46-33)54-29-18-35-36(49)21-43(42(51)52)20-27(43)11-9-7-6-8-10-12-32(41(50)48(35)22-29)45-28-13-15-31(44)25(3)17-28/h9,11,13-17,19,23-24,27,29,32,35,45H,6-8,10,12,18,20-22H2,1-5H3,(H,51,52)/b11-9-/t27-,29-,32+,35+,43-/m1/s1. The Bertz CT molecular complexity index is 2150. The summed E-state index contributed by atoms with van der Waals surface area (Å²) < 4.78 is 26.7. The van der Waals surface area contributed by atoms with Crippen LogP contribution in [0.15, 0.2) is 53.9 Å². The maximum absolute atomic E-state index is 14.7. The summed E-state index contributed by atoms with van der Waals surface area (Å²) in [6.45, 7) is 7.93. The number of aromatic nitrogens is 2. The van der Waals surface area contributed by atoms with Crippen LogP contribution in [0.2, 0.25) is 0 Å². The number of ether oxygens (including phenoxy) is 2. The van der Waals surface area contributed by atoms with E-state index >= 15 is 0 Å².